The van der Waals surface area contributed by atoms with Crippen LogP contribution in [0.25, 0.3) is 10.9 Å². The summed E-state index contributed by atoms with van der Waals surface area (Å²) in [6, 6.07) is 11.8. The average Bonchev–Trinajstić information content (AvgIpc) is 3.05. The van der Waals surface area contributed by atoms with Gasteiger partial charge in [-0.2, -0.15) is 0 Å². The van der Waals surface area contributed by atoms with Crippen LogP contribution in [0.3, 0.4) is 0 Å². The molecule has 0 fully saturated rings. The van der Waals surface area contributed by atoms with Crippen LogP contribution < -0.4 is 15.8 Å². The number of nitrogens with two attached hydrogens (primary N) is 1. The highest BCUT2D eigenvalue weighted by Gasteiger charge is 2.15. The number of primary amides is 1. The van der Waals surface area contributed by atoms with Gasteiger partial charge in [0, 0.05) is 15.9 Å². The molecule has 2 aromatic carbocycles. The molecule has 0 saturated carbocycles. The van der Waals surface area contributed by atoms with E-state index < -0.39 is 5.91 Å². The van der Waals surface area contributed by atoms with Gasteiger partial charge in [-0.3, -0.25) is 9.59 Å². The van der Waals surface area contributed by atoms with Gasteiger partial charge >= 0.3 is 0 Å². The molecule has 0 aliphatic carbocycles. The minimum Gasteiger partial charge on any atom is -0.484 e. The summed E-state index contributed by atoms with van der Waals surface area (Å²) in [5, 5.41) is 4.62. The zero-order valence-corrected chi connectivity index (χ0v) is 15.9. The Morgan fingerprint density at radius 3 is 2.56 bits per heavy atom. The third-order valence-corrected chi connectivity index (χ3v) is 4.54. The maximum atomic E-state index is 12.5. The Bertz CT molecular complexity index is 999. The Labute approximate surface area is 165 Å². The molecule has 2 amide bonds. The Hall–Kier alpha value is -2.70. The number of nitrogens with one attached hydrogen (secondary N) is 2. The van der Waals surface area contributed by atoms with E-state index in [-0.39, 0.29) is 18.6 Å². The normalized spacial score (nSPS) is 12.0. The van der Waals surface area contributed by atoms with Crippen molar-refractivity contribution in [3.8, 4) is 5.75 Å². The number of benzene rings is 2. The predicted molar refractivity (Wildman–Crippen MR) is 105 cm³/mol. The monoisotopic (exact) mass is 405 g/mol. The van der Waals surface area contributed by atoms with E-state index in [0.29, 0.717) is 27.0 Å². The number of ether oxygens (including phenoxy) is 1. The molecule has 1 aromatic heterocycles. The average molecular weight is 406 g/mol. The van der Waals surface area contributed by atoms with E-state index in [1.807, 2.05) is 19.1 Å². The number of halogens is 2. The molecule has 0 bridgehead atoms. The number of carbonyl (C=O) groups excluding carboxylic acids is 2. The highest BCUT2D eigenvalue weighted by Crippen LogP contribution is 2.28. The van der Waals surface area contributed by atoms with Crippen molar-refractivity contribution < 1.29 is 14.3 Å². The van der Waals surface area contributed by atoms with Crippen molar-refractivity contribution in [3.05, 3.63) is 63.8 Å². The number of carbonyl (C=O) groups is 2. The smallest absolute Gasteiger partial charge is 0.268 e. The quantitative estimate of drug-likeness (QED) is 0.581. The molecule has 1 atom stereocenters. The Kier molecular flexibility index (Phi) is 5.58. The van der Waals surface area contributed by atoms with Gasteiger partial charge in [0.05, 0.1) is 11.1 Å². The number of hydrogen-bond donors (Lipinski definition) is 3. The van der Waals surface area contributed by atoms with E-state index in [9.17, 15) is 9.59 Å². The number of aromatic amines is 1. The van der Waals surface area contributed by atoms with Crippen molar-refractivity contribution in [2.75, 3.05) is 6.61 Å². The SMILES string of the molecule is CC(NC(=O)c1cc2c(Cl)cc(Cl)cc2[nH]1)c1ccc(OCC(N)=O)cc1. The summed E-state index contributed by atoms with van der Waals surface area (Å²) in [5.41, 5.74) is 7.01. The first-order chi connectivity index (χ1) is 12.8. The summed E-state index contributed by atoms with van der Waals surface area (Å²) < 4.78 is 5.22. The molecule has 0 radical (unpaired) electrons. The number of hydrogen-bond acceptors (Lipinski definition) is 3. The standard InChI is InChI=1S/C19H17Cl2N3O3/c1-10(11-2-4-13(5-3-11)27-9-18(22)25)23-19(26)17-8-14-15(21)6-12(20)7-16(14)24-17/h2-8,10,24H,9H2,1H3,(H2,22,25)(H,23,26). The second-order valence-corrected chi connectivity index (χ2v) is 6.89. The van der Waals surface area contributed by atoms with Crippen molar-refractivity contribution in [2.24, 2.45) is 5.73 Å². The summed E-state index contributed by atoms with van der Waals surface area (Å²) in [6.45, 7) is 1.68. The molecule has 8 heteroatoms. The Morgan fingerprint density at radius 1 is 1.19 bits per heavy atom. The van der Waals surface area contributed by atoms with Crippen molar-refractivity contribution >= 4 is 45.9 Å². The molecule has 0 aliphatic rings. The second kappa shape index (κ2) is 7.90. The second-order valence-electron chi connectivity index (χ2n) is 6.05. The molecule has 0 saturated heterocycles. The lowest BCUT2D eigenvalue weighted by atomic mass is 10.1. The fraction of sp³-hybridized carbons (Fsp3) is 0.158. The van der Waals surface area contributed by atoms with Gasteiger partial charge in [-0.25, -0.2) is 0 Å². The van der Waals surface area contributed by atoms with Crippen LogP contribution in [0.2, 0.25) is 10.0 Å². The molecular formula is C19H17Cl2N3O3. The Balaban J connectivity index is 1.70. The fourth-order valence-electron chi connectivity index (χ4n) is 2.65. The fourth-order valence-corrected chi connectivity index (χ4v) is 3.20. The molecule has 140 valence electrons. The molecule has 0 aliphatic heterocycles. The summed E-state index contributed by atoms with van der Waals surface area (Å²) in [7, 11) is 0. The van der Waals surface area contributed by atoms with Crippen molar-refractivity contribution in [2.45, 2.75) is 13.0 Å². The third kappa shape index (κ3) is 4.53. The molecule has 1 heterocycles. The summed E-state index contributed by atoms with van der Waals surface area (Å²) >= 11 is 12.2. The minimum absolute atomic E-state index is 0.182. The largest absolute Gasteiger partial charge is 0.484 e. The molecule has 4 N–H and O–H groups in total. The topological polar surface area (TPSA) is 97.2 Å². The number of rotatable bonds is 6. The van der Waals surface area contributed by atoms with Gasteiger partial charge in [0.2, 0.25) is 0 Å². The first-order valence-electron chi connectivity index (χ1n) is 8.13. The van der Waals surface area contributed by atoms with Crippen LogP contribution >= 0.6 is 23.2 Å². The van der Waals surface area contributed by atoms with Gasteiger partial charge in [0.15, 0.2) is 6.61 Å². The van der Waals surface area contributed by atoms with Gasteiger partial charge in [0.1, 0.15) is 11.4 Å². The zero-order valence-electron chi connectivity index (χ0n) is 14.4. The van der Waals surface area contributed by atoms with Crippen molar-refractivity contribution in [1.29, 1.82) is 0 Å². The van der Waals surface area contributed by atoms with E-state index in [4.69, 9.17) is 33.7 Å². The number of fused-ring (bicyclic) bond motifs is 1. The summed E-state index contributed by atoms with van der Waals surface area (Å²) in [4.78, 5) is 26.3. The van der Waals surface area contributed by atoms with E-state index in [1.165, 1.54) is 0 Å². The van der Waals surface area contributed by atoms with Crippen molar-refractivity contribution in [1.82, 2.24) is 10.3 Å². The first kappa shape index (κ1) is 19.1. The van der Waals surface area contributed by atoms with Gasteiger partial charge in [0.25, 0.3) is 11.8 Å². The molecule has 3 rings (SSSR count). The lowest BCUT2D eigenvalue weighted by Gasteiger charge is -2.14. The maximum Gasteiger partial charge on any atom is 0.268 e. The van der Waals surface area contributed by atoms with Crippen molar-refractivity contribution in [3.63, 3.8) is 0 Å². The maximum absolute atomic E-state index is 12.5. The highest BCUT2D eigenvalue weighted by atomic mass is 35.5. The lowest BCUT2D eigenvalue weighted by Crippen LogP contribution is -2.26. The predicted octanol–water partition coefficient (Wildman–Crippen LogP) is 3.83. The van der Waals surface area contributed by atoms with Crippen LogP contribution in [0.15, 0.2) is 42.5 Å². The minimum atomic E-state index is -0.542. The first-order valence-corrected chi connectivity index (χ1v) is 8.89. The van der Waals surface area contributed by atoms with Gasteiger partial charge in [-0.15, -0.1) is 0 Å². The van der Waals surface area contributed by atoms with Crippen LogP contribution in [0.1, 0.15) is 29.0 Å². The van der Waals surface area contributed by atoms with Crippen LogP contribution in [0.4, 0.5) is 0 Å². The summed E-state index contributed by atoms with van der Waals surface area (Å²) in [6.07, 6.45) is 0. The molecule has 27 heavy (non-hydrogen) atoms. The molecule has 1 unspecified atom stereocenters. The van der Waals surface area contributed by atoms with Crippen LogP contribution in [0.5, 0.6) is 5.75 Å². The number of aromatic nitrogens is 1. The van der Waals surface area contributed by atoms with Gasteiger partial charge in [-0.05, 0) is 42.8 Å². The summed E-state index contributed by atoms with van der Waals surface area (Å²) in [5.74, 6) is -0.280. The van der Waals surface area contributed by atoms with Gasteiger partial charge < -0.3 is 20.8 Å². The molecular weight excluding hydrogens is 389 g/mol. The molecule has 6 nitrogen and oxygen atoms in total. The van der Waals surface area contributed by atoms with Crippen LogP contribution in [-0.4, -0.2) is 23.4 Å². The number of H-pyrrole nitrogens is 1. The zero-order chi connectivity index (χ0) is 19.6. The molecule has 0 spiro atoms. The third-order valence-electron chi connectivity index (χ3n) is 4.01. The highest BCUT2D eigenvalue weighted by molar-refractivity contribution is 6.38. The Morgan fingerprint density at radius 2 is 1.89 bits per heavy atom. The van der Waals surface area contributed by atoms with E-state index >= 15 is 0 Å². The van der Waals surface area contributed by atoms with Crippen LogP contribution in [-0.2, 0) is 4.79 Å². The van der Waals surface area contributed by atoms with Crippen LogP contribution in [0, 0.1) is 0 Å². The van der Waals surface area contributed by atoms with E-state index in [2.05, 4.69) is 10.3 Å². The van der Waals surface area contributed by atoms with Gasteiger partial charge in [-0.1, -0.05) is 35.3 Å². The van der Waals surface area contributed by atoms with E-state index in [0.717, 1.165) is 10.9 Å². The van der Waals surface area contributed by atoms with E-state index in [1.54, 1.807) is 30.3 Å². The molecule has 3 aromatic rings. The number of amides is 2. The lowest BCUT2D eigenvalue weighted by molar-refractivity contribution is -0.119.